The average Bonchev–Trinajstić information content (AvgIpc) is 3.21. The summed E-state index contributed by atoms with van der Waals surface area (Å²) in [6.07, 6.45) is 3.73. The van der Waals surface area contributed by atoms with Gasteiger partial charge in [0, 0.05) is 30.3 Å². The molecule has 2 aromatic carbocycles. The highest BCUT2D eigenvalue weighted by Gasteiger charge is 2.20. The van der Waals surface area contributed by atoms with Crippen molar-refractivity contribution in [3.63, 3.8) is 0 Å². The first-order valence-corrected chi connectivity index (χ1v) is 13.6. The highest BCUT2D eigenvalue weighted by molar-refractivity contribution is 9.10. The minimum Gasteiger partial charge on any atom is -0.485 e. The lowest BCUT2D eigenvalue weighted by Gasteiger charge is -2.21. The molecule has 1 N–H and O–H groups in total. The molecule has 0 radical (unpaired) electrons. The van der Waals surface area contributed by atoms with E-state index in [0.717, 1.165) is 16.7 Å². The minimum absolute atomic E-state index is 0. The lowest BCUT2D eigenvalue weighted by molar-refractivity contribution is -0.124. The predicted octanol–water partition coefficient (Wildman–Crippen LogP) is 6.81. The maximum absolute atomic E-state index is 12.8. The van der Waals surface area contributed by atoms with E-state index < -0.39 is 0 Å². The number of rotatable bonds is 10. The molecule has 0 spiro atoms. The van der Waals surface area contributed by atoms with Gasteiger partial charge in [-0.1, -0.05) is 53.5 Å². The number of carbonyl (C=O) groups is 2. The third-order valence-electron chi connectivity index (χ3n) is 6.14. The van der Waals surface area contributed by atoms with Crippen LogP contribution in [0.5, 0.6) is 5.75 Å². The smallest absolute Gasteiger partial charge is 0.246 e. The molecular formula is C28H28BrCl3N4O3. The number of halogens is 4. The summed E-state index contributed by atoms with van der Waals surface area (Å²) in [6.45, 7) is 1.84. The lowest BCUT2D eigenvalue weighted by atomic mass is 10.1. The normalized spacial score (nSPS) is 10.7. The topological polar surface area (TPSA) is 75.9 Å². The maximum atomic E-state index is 12.8. The zero-order chi connectivity index (χ0) is 27.2. The van der Waals surface area contributed by atoms with Crippen molar-refractivity contribution in [1.82, 2.24) is 14.7 Å². The summed E-state index contributed by atoms with van der Waals surface area (Å²) in [4.78, 5) is 31.0. The molecule has 0 aliphatic heterocycles. The van der Waals surface area contributed by atoms with Crippen LogP contribution in [0.1, 0.15) is 29.7 Å². The third kappa shape index (κ3) is 7.45. The Labute approximate surface area is 252 Å². The lowest BCUT2D eigenvalue weighted by Crippen LogP contribution is -2.38. The second kappa shape index (κ2) is 14.0. The van der Waals surface area contributed by atoms with Crippen molar-refractivity contribution in [3.8, 4) is 5.75 Å². The molecule has 0 aliphatic rings. The van der Waals surface area contributed by atoms with E-state index in [4.69, 9.17) is 27.9 Å². The van der Waals surface area contributed by atoms with Crippen LogP contribution in [-0.2, 0) is 22.6 Å². The van der Waals surface area contributed by atoms with Gasteiger partial charge < -0.3 is 15.0 Å². The fourth-order valence-electron chi connectivity index (χ4n) is 3.98. The molecule has 2 heterocycles. The first-order chi connectivity index (χ1) is 18.3. The van der Waals surface area contributed by atoms with Gasteiger partial charge in [-0.15, -0.1) is 12.4 Å². The molecular weight excluding hydrogens is 627 g/mol. The second-order valence-electron chi connectivity index (χ2n) is 8.77. The molecule has 2 aromatic heterocycles. The van der Waals surface area contributed by atoms with E-state index in [2.05, 4.69) is 26.2 Å². The number of imidazole rings is 1. The molecule has 11 heteroatoms. The number of carbonyl (C=O) groups excluding carboxylic acids is 2. The van der Waals surface area contributed by atoms with Crippen LogP contribution in [0, 0.1) is 6.92 Å². The van der Waals surface area contributed by atoms with E-state index in [-0.39, 0.29) is 37.4 Å². The maximum Gasteiger partial charge on any atom is 0.246 e. The Kier molecular flexibility index (Phi) is 11.1. The summed E-state index contributed by atoms with van der Waals surface area (Å²) in [6, 6.07) is 17.0. The van der Waals surface area contributed by atoms with Gasteiger partial charge in [-0.3, -0.25) is 14.0 Å². The molecule has 4 aromatic rings. The Bertz CT molecular complexity index is 1460. The summed E-state index contributed by atoms with van der Waals surface area (Å²) >= 11 is 16.6. The van der Waals surface area contributed by atoms with Gasteiger partial charge in [-0.2, -0.15) is 0 Å². The Balaban J connectivity index is 0.00000420. The van der Waals surface area contributed by atoms with E-state index >= 15 is 0 Å². The molecule has 0 aliphatic carbocycles. The van der Waals surface area contributed by atoms with Gasteiger partial charge >= 0.3 is 0 Å². The van der Waals surface area contributed by atoms with Crippen LogP contribution in [0.25, 0.3) is 5.65 Å². The zero-order valence-electron chi connectivity index (χ0n) is 21.4. The highest BCUT2D eigenvalue weighted by atomic mass is 79.9. The number of hydrogen-bond acceptors (Lipinski definition) is 4. The van der Waals surface area contributed by atoms with E-state index in [1.165, 1.54) is 10.5 Å². The Hall–Kier alpha value is -2.78. The first-order valence-electron chi connectivity index (χ1n) is 12.1. The summed E-state index contributed by atoms with van der Waals surface area (Å²) in [5, 5.41) is 3.41. The van der Waals surface area contributed by atoms with E-state index in [0.29, 0.717) is 45.5 Å². The average molecular weight is 655 g/mol. The van der Waals surface area contributed by atoms with Gasteiger partial charge in [-0.05, 0) is 65.5 Å². The quantitative estimate of drug-likeness (QED) is 0.204. The predicted molar refractivity (Wildman–Crippen MR) is 161 cm³/mol. The van der Waals surface area contributed by atoms with Crippen molar-refractivity contribution in [2.45, 2.75) is 32.8 Å². The summed E-state index contributed by atoms with van der Waals surface area (Å²) in [7, 11) is 1.61. The van der Waals surface area contributed by atoms with E-state index in [1.54, 1.807) is 19.2 Å². The van der Waals surface area contributed by atoms with E-state index in [1.807, 2.05) is 60.0 Å². The van der Waals surface area contributed by atoms with Crippen LogP contribution in [0.4, 0.5) is 5.69 Å². The standard InChI is InChI=1S/C28H27BrCl2N4O3.ClH/c1-18-27(29)35-15-7-11-23(28(35)33-18)38-17-20-21(30)13-14-22(26(20)31)34(2)25(37)16-32-24(36)12-6-10-19-8-4-3-5-9-19;/h3-5,7-9,11,13-15H,6,10,12,16-17H2,1-2H3,(H,32,36);1H. The van der Waals surface area contributed by atoms with Gasteiger partial charge in [-0.25, -0.2) is 4.98 Å². The monoisotopic (exact) mass is 652 g/mol. The van der Waals surface area contributed by atoms with Crippen molar-refractivity contribution >= 4 is 74.7 Å². The van der Waals surface area contributed by atoms with Gasteiger partial charge in [0.1, 0.15) is 11.2 Å². The molecule has 2 amide bonds. The number of likely N-dealkylation sites (N-methyl/N-ethyl adjacent to an activating group) is 1. The second-order valence-corrected chi connectivity index (χ2v) is 10.3. The van der Waals surface area contributed by atoms with Crippen LogP contribution >= 0.6 is 51.5 Å². The number of anilines is 1. The molecule has 4 rings (SSSR count). The number of nitrogens with zero attached hydrogens (tertiary/aromatic N) is 3. The number of amides is 2. The highest BCUT2D eigenvalue weighted by Crippen LogP contribution is 2.35. The van der Waals surface area contributed by atoms with Gasteiger partial charge in [0.05, 0.1) is 22.9 Å². The summed E-state index contributed by atoms with van der Waals surface area (Å²) < 4.78 is 8.77. The van der Waals surface area contributed by atoms with E-state index in [9.17, 15) is 9.59 Å². The van der Waals surface area contributed by atoms with Crippen molar-refractivity contribution in [1.29, 1.82) is 0 Å². The molecule has 0 unspecified atom stereocenters. The number of fused-ring (bicyclic) bond motifs is 1. The molecule has 0 bridgehead atoms. The number of hydrogen-bond donors (Lipinski definition) is 1. The van der Waals surface area contributed by atoms with Crippen LogP contribution in [0.3, 0.4) is 0 Å². The molecule has 0 fully saturated rings. The van der Waals surface area contributed by atoms with Crippen molar-refractivity contribution < 1.29 is 14.3 Å². The largest absolute Gasteiger partial charge is 0.485 e. The molecule has 0 saturated carbocycles. The Morgan fingerprint density at radius 2 is 1.85 bits per heavy atom. The van der Waals surface area contributed by atoms with Crippen LogP contribution < -0.4 is 15.0 Å². The van der Waals surface area contributed by atoms with Crippen LogP contribution in [-0.4, -0.2) is 34.8 Å². The van der Waals surface area contributed by atoms with Crippen LogP contribution in [0.2, 0.25) is 10.0 Å². The number of nitrogens with one attached hydrogen (secondary N) is 1. The number of aromatic nitrogens is 2. The molecule has 206 valence electrons. The summed E-state index contributed by atoms with van der Waals surface area (Å²) in [5.41, 5.74) is 3.68. The SMILES string of the molecule is Cc1nc2c(OCc3c(Cl)ccc(N(C)C(=O)CNC(=O)CCCc4ccccc4)c3Cl)cccn2c1Br.Cl. The fraction of sp³-hybridized carbons (Fsp3) is 0.250. The van der Waals surface area contributed by atoms with Gasteiger partial charge in [0.15, 0.2) is 11.4 Å². The Morgan fingerprint density at radius 3 is 2.59 bits per heavy atom. The first kappa shape index (κ1) is 30.8. The number of ether oxygens (including phenoxy) is 1. The van der Waals surface area contributed by atoms with Crippen molar-refractivity contribution in [3.05, 3.63) is 92.3 Å². The minimum atomic E-state index is -0.306. The number of pyridine rings is 1. The van der Waals surface area contributed by atoms with Gasteiger partial charge in [0.25, 0.3) is 0 Å². The Morgan fingerprint density at radius 1 is 1.10 bits per heavy atom. The van der Waals surface area contributed by atoms with Gasteiger partial charge in [0.2, 0.25) is 11.8 Å². The zero-order valence-corrected chi connectivity index (χ0v) is 25.3. The fourth-order valence-corrected chi connectivity index (χ4v) is 4.96. The number of aryl methyl sites for hydroxylation is 2. The third-order valence-corrected chi connectivity index (χ3v) is 7.87. The molecule has 0 saturated heterocycles. The summed E-state index contributed by atoms with van der Waals surface area (Å²) in [5.74, 6) is 0.0900. The molecule has 0 atom stereocenters. The van der Waals surface area contributed by atoms with Crippen LogP contribution in [0.15, 0.2) is 65.4 Å². The number of benzene rings is 2. The molecule has 39 heavy (non-hydrogen) atoms. The van der Waals surface area contributed by atoms with Crippen molar-refractivity contribution in [2.75, 3.05) is 18.5 Å². The van der Waals surface area contributed by atoms with Crippen molar-refractivity contribution in [2.24, 2.45) is 0 Å². The molecule has 7 nitrogen and oxygen atoms in total.